The molecule has 0 saturated heterocycles. The van der Waals surface area contributed by atoms with Gasteiger partial charge in [0.05, 0.1) is 0 Å². The Balaban J connectivity index is 2.17. The second-order valence-corrected chi connectivity index (χ2v) is 6.60. The predicted octanol–water partition coefficient (Wildman–Crippen LogP) is 5.02. The van der Waals surface area contributed by atoms with E-state index < -0.39 is 6.10 Å². The minimum absolute atomic E-state index is 0.105. The first-order chi connectivity index (χ1) is 11.3. The van der Waals surface area contributed by atoms with Crippen LogP contribution in [0.25, 0.3) is 0 Å². The van der Waals surface area contributed by atoms with Crippen molar-refractivity contribution in [1.29, 1.82) is 0 Å². The molecule has 0 saturated carbocycles. The van der Waals surface area contributed by atoms with Crippen LogP contribution in [0.4, 0.5) is 5.69 Å². The third-order valence-electron chi connectivity index (χ3n) is 4.06. The van der Waals surface area contributed by atoms with Gasteiger partial charge in [-0.1, -0.05) is 30.7 Å². The molecule has 0 aliphatic heterocycles. The summed E-state index contributed by atoms with van der Waals surface area (Å²) in [5, 5.41) is 3.04. The second-order valence-electron chi connectivity index (χ2n) is 6.60. The summed E-state index contributed by atoms with van der Waals surface area (Å²) in [7, 11) is 0. The van der Waals surface area contributed by atoms with Gasteiger partial charge in [0.25, 0.3) is 5.91 Å². The van der Waals surface area contributed by atoms with Crippen LogP contribution in [0.15, 0.2) is 30.3 Å². The van der Waals surface area contributed by atoms with Gasteiger partial charge in [-0.2, -0.15) is 0 Å². The van der Waals surface area contributed by atoms with Crippen molar-refractivity contribution >= 4 is 11.6 Å². The molecule has 0 bridgehead atoms. The fraction of sp³-hybridized carbons (Fsp3) is 0.381. The summed E-state index contributed by atoms with van der Waals surface area (Å²) in [6.45, 7) is 12.1. The van der Waals surface area contributed by atoms with E-state index in [1.165, 1.54) is 5.56 Å². The Labute approximate surface area is 145 Å². The van der Waals surface area contributed by atoms with Crippen LogP contribution in [0, 0.1) is 34.6 Å². The summed E-state index contributed by atoms with van der Waals surface area (Å²) in [4.78, 5) is 12.7. The number of ether oxygens (including phenoxy) is 1. The van der Waals surface area contributed by atoms with Crippen molar-refractivity contribution in [3.05, 3.63) is 58.1 Å². The molecule has 0 aromatic heterocycles. The Kier molecular flexibility index (Phi) is 5.66. The zero-order valence-corrected chi connectivity index (χ0v) is 15.5. The molecular formula is C21H27NO2. The highest BCUT2D eigenvalue weighted by molar-refractivity contribution is 5.95. The zero-order chi connectivity index (χ0) is 17.9. The van der Waals surface area contributed by atoms with Gasteiger partial charge in [0.15, 0.2) is 6.10 Å². The smallest absolute Gasteiger partial charge is 0.265 e. The number of hydrogen-bond donors (Lipinski definition) is 1. The number of carbonyl (C=O) groups is 1. The molecule has 128 valence electrons. The first-order valence-corrected chi connectivity index (χ1v) is 8.43. The van der Waals surface area contributed by atoms with E-state index in [9.17, 15) is 4.79 Å². The summed E-state index contributed by atoms with van der Waals surface area (Å²) in [6, 6.07) is 10.2. The summed E-state index contributed by atoms with van der Waals surface area (Å²) in [6.07, 6.45) is 0.106. The first-order valence-electron chi connectivity index (χ1n) is 8.43. The number of nitrogens with one attached hydrogen (secondary N) is 1. The van der Waals surface area contributed by atoms with Crippen LogP contribution in [-0.2, 0) is 4.79 Å². The number of aryl methyl sites for hydroxylation is 5. The predicted molar refractivity (Wildman–Crippen MR) is 99.9 cm³/mol. The maximum Gasteiger partial charge on any atom is 0.265 e. The number of anilines is 1. The lowest BCUT2D eigenvalue weighted by atomic mass is 10.0. The lowest BCUT2D eigenvalue weighted by molar-refractivity contribution is -0.122. The van der Waals surface area contributed by atoms with Gasteiger partial charge in [0.2, 0.25) is 0 Å². The minimum Gasteiger partial charge on any atom is -0.481 e. The largest absolute Gasteiger partial charge is 0.481 e. The molecule has 2 rings (SSSR count). The van der Waals surface area contributed by atoms with Crippen LogP contribution in [0.3, 0.4) is 0 Å². The highest BCUT2D eigenvalue weighted by Crippen LogP contribution is 2.23. The molecular weight excluding hydrogens is 298 g/mol. The number of benzene rings is 2. The van der Waals surface area contributed by atoms with Crippen molar-refractivity contribution in [2.75, 3.05) is 5.32 Å². The van der Waals surface area contributed by atoms with Gasteiger partial charge in [-0.25, -0.2) is 0 Å². The molecule has 0 radical (unpaired) electrons. The van der Waals surface area contributed by atoms with Crippen molar-refractivity contribution < 1.29 is 9.53 Å². The molecule has 3 heteroatoms. The molecule has 24 heavy (non-hydrogen) atoms. The molecule has 2 aromatic carbocycles. The first kappa shape index (κ1) is 18.1. The topological polar surface area (TPSA) is 38.3 Å². The van der Waals surface area contributed by atoms with Gasteiger partial charge in [0, 0.05) is 5.69 Å². The molecule has 2 aromatic rings. The molecule has 1 atom stereocenters. The van der Waals surface area contributed by atoms with E-state index >= 15 is 0 Å². The van der Waals surface area contributed by atoms with Crippen LogP contribution in [-0.4, -0.2) is 12.0 Å². The second kappa shape index (κ2) is 7.52. The lowest BCUT2D eigenvalue weighted by Crippen LogP contribution is -2.33. The van der Waals surface area contributed by atoms with Crippen LogP contribution in [0.5, 0.6) is 5.75 Å². The normalized spacial score (nSPS) is 11.9. The van der Waals surface area contributed by atoms with Crippen molar-refractivity contribution in [1.82, 2.24) is 0 Å². The fourth-order valence-electron chi connectivity index (χ4n) is 3.07. The monoisotopic (exact) mass is 325 g/mol. The van der Waals surface area contributed by atoms with E-state index in [0.717, 1.165) is 33.7 Å². The number of hydrogen-bond acceptors (Lipinski definition) is 2. The molecule has 1 unspecified atom stereocenters. The van der Waals surface area contributed by atoms with Crippen LogP contribution < -0.4 is 10.1 Å². The van der Waals surface area contributed by atoms with E-state index in [4.69, 9.17) is 4.74 Å². The number of carbonyl (C=O) groups excluding carboxylic acids is 1. The Bertz CT molecular complexity index is 706. The maximum absolute atomic E-state index is 12.7. The summed E-state index contributed by atoms with van der Waals surface area (Å²) in [5.74, 6) is 0.638. The van der Waals surface area contributed by atoms with E-state index in [2.05, 4.69) is 30.4 Å². The molecule has 0 aliphatic rings. The SMILES string of the molecule is CCC(Oc1cc(C)cc(C)c1)C(=O)Nc1c(C)cc(C)cc1C. The Morgan fingerprint density at radius 3 is 1.92 bits per heavy atom. The van der Waals surface area contributed by atoms with Gasteiger partial charge in [-0.05, 0) is 75.4 Å². The molecule has 1 N–H and O–H groups in total. The van der Waals surface area contributed by atoms with Gasteiger partial charge in [-0.3, -0.25) is 4.79 Å². The Morgan fingerprint density at radius 2 is 1.42 bits per heavy atom. The molecule has 0 heterocycles. The van der Waals surface area contributed by atoms with E-state index in [0.29, 0.717) is 6.42 Å². The average Bonchev–Trinajstić information content (AvgIpc) is 2.47. The quantitative estimate of drug-likeness (QED) is 0.838. The van der Waals surface area contributed by atoms with Gasteiger partial charge in [-0.15, -0.1) is 0 Å². The van der Waals surface area contributed by atoms with Crippen molar-refractivity contribution in [3.8, 4) is 5.75 Å². The summed E-state index contributed by atoms with van der Waals surface area (Å²) >= 11 is 0. The van der Waals surface area contributed by atoms with Crippen molar-refractivity contribution in [2.45, 2.75) is 54.1 Å². The molecule has 0 fully saturated rings. The molecule has 3 nitrogen and oxygen atoms in total. The summed E-state index contributed by atoms with van der Waals surface area (Å²) in [5.41, 5.74) is 6.48. The van der Waals surface area contributed by atoms with E-state index in [1.54, 1.807) is 0 Å². The minimum atomic E-state index is -0.508. The highest BCUT2D eigenvalue weighted by atomic mass is 16.5. The Hall–Kier alpha value is -2.29. The maximum atomic E-state index is 12.7. The number of amides is 1. The molecule has 1 amide bonds. The fourth-order valence-corrected chi connectivity index (χ4v) is 3.07. The van der Waals surface area contributed by atoms with Gasteiger partial charge >= 0.3 is 0 Å². The standard InChI is InChI=1S/C21H27NO2/c1-7-19(24-18-11-13(2)8-14(3)12-18)21(23)22-20-16(5)9-15(4)10-17(20)6/h8-12,19H,7H2,1-6H3,(H,22,23). The third-order valence-corrected chi connectivity index (χ3v) is 4.06. The molecule has 0 aliphatic carbocycles. The van der Waals surface area contributed by atoms with E-state index in [-0.39, 0.29) is 5.91 Å². The van der Waals surface area contributed by atoms with Crippen LogP contribution >= 0.6 is 0 Å². The Morgan fingerprint density at radius 1 is 0.917 bits per heavy atom. The number of rotatable bonds is 5. The van der Waals surface area contributed by atoms with Crippen LogP contribution in [0.2, 0.25) is 0 Å². The van der Waals surface area contributed by atoms with E-state index in [1.807, 2.05) is 46.8 Å². The lowest BCUT2D eigenvalue weighted by Gasteiger charge is -2.20. The van der Waals surface area contributed by atoms with Crippen molar-refractivity contribution in [3.63, 3.8) is 0 Å². The van der Waals surface area contributed by atoms with Crippen molar-refractivity contribution in [2.24, 2.45) is 0 Å². The summed E-state index contributed by atoms with van der Waals surface area (Å²) < 4.78 is 5.95. The zero-order valence-electron chi connectivity index (χ0n) is 15.5. The third kappa shape index (κ3) is 4.38. The molecule has 0 spiro atoms. The van der Waals surface area contributed by atoms with Gasteiger partial charge in [0.1, 0.15) is 5.75 Å². The average molecular weight is 325 g/mol. The van der Waals surface area contributed by atoms with Gasteiger partial charge < -0.3 is 10.1 Å². The highest BCUT2D eigenvalue weighted by Gasteiger charge is 2.20. The van der Waals surface area contributed by atoms with Crippen LogP contribution in [0.1, 0.15) is 41.2 Å².